The molecule has 3 atom stereocenters. The van der Waals surface area contributed by atoms with Crippen molar-refractivity contribution in [3.8, 4) is 0 Å². The lowest BCUT2D eigenvalue weighted by molar-refractivity contribution is 0.0566. The predicted molar refractivity (Wildman–Crippen MR) is 114 cm³/mol. The Bertz CT molecular complexity index is 1170. The third-order valence-electron chi connectivity index (χ3n) is 6.96. The lowest BCUT2D eigenvalue weighted by Gasteiger charge is -2.36. The minimum Gasteiger partial charge on any atom is -0.396 e. The zero-order chi connectivity index (χ0) is 20.9. The van der Waals surface area contributed by atoms with Crippen molar-refractivity contribution in [2.45, 2.75) is 37.8 Å². The third-order valence-corrected chi connectivity index (χ3v) is 6.96. The molecule has 1 aromatic heterocycles. The summed E-state index contributed by atoms with van der Waals surface area (Å²) in [5, 5.41) is 15.9. The van der Waals surface area contributed by atoms with Gasteiger partial charge in [-0.25, -0.2) is 4.68 Å². The third kappa shape index (κ3) is 2.78. The number of rotatable bonds is 4. The summed E-state index contributed by atoms with van der Waals surface area (Å²) in [6, 6.07) is 17.4. The molecule has 3 heterocycles. The van der Waals surface area contributed by atoms with Crippen molar-refractivity contribution in [1.82, 2.24) is 14.7 Å². The van der Waals surface area contributed by atoms with Gasteiger partial charge in [0.05, 0.1) is 12.0 Å². The molecule has 2 saturated heterocycles. The largest absolute Gasteiger partial charge is 0.396 e. The number of carbonyl (C=O) groups excluding carboxylic acids is 1. The van der Waals surface area contributed by atoms with Gasteiger partial charge in [-0.15, -0.1) is 0 Å². The quantitative estimate of drug-likeness (QED) is 0.726. The second kappa shape index (κ2) is 7.06. The summed E-state index contributed by atoms with van der Waals surface area (Å²) in [4.78, 5) is 28.1. The highest BCUT2D eigenvalue weighted by Crippen LogP contribution is 2.51. The fraction of sp³-hybridized carbons (Fsp3) is 0.375. The molecule has 1 amide bonds. The number of amides is 1. The van der Waals surface area contributed by atoms with Gasteiger partial charge in [-0.05, 0) is 37.3 Å². The van der Waals surface area contributed by atoms with E-state index < -0.39 is 0 Å². The topological polar surface area (TPSA) is 75.4 Å². The van der Waals surface area contributed by atoms with E-state index in [-0.39, 0.29) is 35.6 Å². The van der Waals surface area contributed by atoms with Crippen molar-refractivity contribution in [3.05, 3.63) is 76.2 Å². The van der Waals surface area contributed by atoms with Crippen LogP contribution in [0.15, 0.2) is 59.4 Å². The van der Waals surface area contributed by atoms with Crippen LogP contribution in [0, 0.1) is 5.41 Å². The normalized spacial score (nSPS) is 25.2. The average molecular weight is 403 g/mol. The molecule has 2 aliphatic rings. The zero-order valence-corrected chi connectivity index (χ0v) is 17.0. The molecule has 6 heteroatoms. The molecule has 30 heavy (non-hydrogen) atoms. The first-order chi connectivity index (χ1) is 14.5. The van der Waals surface area contributed by atoms with Gasteiger partial charge in [-0.2, -0.15) is 5.10 Å². The van der Waals surface area contributed by atoms with E-state index in [1.807, 2.05) is 29.2 Å². The predicted octanol–water partition coefficient (Wildman–Crippen LogP) is 2.53. The van der Waals surface area contributed by atoms with Crippen molar-refractivity contribution in [2.24, 2.45) is 12.5 Å². The molecule has 0 radical (unpaired) electrons. The highest BCUT2D eigenvalue weighted by Gasteiger charge is 2.57. The van der Waals surface area contributed by atoms with E-state index in [0.717, 1.165) is 25.7 Å². The van der Waals surface area contributed by atoms with Crippen LogP contribution in [0.4, 0.5) is 0 Å². The van der Waals surface area contributed by atoms with E-state index in [2.05, 4.69) is 17.2 Å². The van der Waals surface area contributed by atoms with E-state index in [4.69, 9.17) is 0 Å². The van der Waals surface area contributed by atoms with Crippen molar-refractivity contribution < 1.29 is 9.90 Å². The van der Waals surface area contributed by atoms with Crippen LogP contribution in [0.3, 0.4) is 0 Å². The van der Waals surface area contributed by atoms with Gasteiger partial charge in [0.15, 0.2) is 5.69 Å². The van der Waals surface area contributed by atoms with E-state index >= 15 is 0 Å². The summed E-state index contributed by atoms with van der Waals surface area (Å²) in [6.07, 6.45) is 3.36. The average Bonchev–Trinajstić information content (AvgIpc) is 3.32. The Hall–Kier alpha value is -2.99. The summed E-state index contributed by atoms with van der Waals surface area (Å²) < 4.78 is 1.25. The van der Waals surface area contributed by atoms with Crippen molar-refractivity contribution in [2.75, 3.05) is 6.61 Å². The number of fused-ring (bicyclic) bond motifs is 3. The van der Waals surface area contributed by atoms with Crippen LogP contribution in [0.5, 0.6) is 0 Å². The molecule has 2 aliphatic heterocycles. The highest BCUT2D eigenvalue weighted by atomic mass is 16.3. The second-order valence-corrected chi connectivity index (χ2v) is 8.67. The number of nitrogens with zero attached hydrogens (tertiary/aromatic N) is 3. The summed E-state index contributed by atoms with van der Waals surface area (Å²) in [5.41, 5.74) is 0.951. The van der Waals surface area contributed by atoms with E-state index in [1.54, 1.807) is 25.2 Å². The second-order valence-electron chi connectivity index (χ2n) is 8.67. The van der Waals surface area contributed by atoms with Crippen LogP contribution in [0.25, 0.3) is 10.8 Å². The molecule has 2 fully saturated rings. The number of hydrogen-bond acceptors (Lipinski definition) is 4. The molecule has 3 aromatic rings. The molecular weight excluding hydrogens is 378 g/mol. The van der Waals surface area contributed by atoms with E-state index in [1.165, 1.54) is 10.2 Å². The number of aliphatic hydroxyl groups excluding tert-OH is 1. The lowest BCUT2D eigenvalue weighted by Crippen LogP contribution is -2.44. The SMILES string of the molecule is Cn1nc(C(=O)N2[C@H]3CC[C@@H]2[C@@](CO)(Cc2ccccc2)C3)c2ccccc2c1=O. The van der Waals surface area contributed by atoms with Gasteiger partial charge in [-0.3, -0.25) is 9.59 Å². The molecule has 0 aliphatic carbocycles. The molecular formula is C24H25N3O3. The Morgan fingerprint density at radius 2 is 1.80 bits per heavy atom. The van der Waals surface area contributed by atoms with Crippen molar-refractivity contribution in [1.29, 1.82) is 0 Å². The lowest BCUT2D eigenvalue weighted by atomic mass is 9.70. The maximum Gasteiger partial charge on any atom is 0.275 e. The van der Waals surface area contributed by atoms with Crippen LogP contribution in [0.1, 0.15) is 35.3 Å². The molecule has 2 bridgehead atoms. The minimum absolute atomic E-state index is 0.0296. The van der Waals surface area contributed by atoms with E-state index in [9.17, 15) is 14.7 Å². The number of benzene rings is 2. The molecule has 154 valence electrons. The van der Waals surface area contributed by atoms with Crippen LogP contribution in [0.2, 0.25) is 0 Å². The maximum atomic E-state index is 13.7. The molecule has 1 N–H and O–H groups in total. The Morgan fingerprint density at radius 3 is 2.53 bits per heavy atom. The molecule has 2 aromatic carbocycles. The maximum absolute atomic E-state index is 13.7. The highest BCUT2D eigenvalue weighted by molar-refractivity contribution is 6.05. The summed E-state index contributed by atoms with van der Waals surface area (Å²) in [7, 11) is 1.58. The van der Waals surface area contributed by atoms with Gasteiger partial charge in [0.1, 0.15) is 0 Å². The Labute approximate surface area is 174 Å². The van der Waals surface area contributed by atoms with Crippen LogP contribution in [-0.2, 0) is 13.5 Å². The van der Waals surface area contributed by atoms with Gasteiger partial charge in [-0.1, -0.05) is 48.5 Å². The Morgan fingerprint density at radius 1 is 1.10 bits per heavy atom. The Balaban J connectivity index is 1.54. The van der Waals surface area contributed by atoms with Crippen LogP contribution < -0.4 is 5.56 Å². The number of aliphatic hydroxyl groups is 1. The summed E-state index contributed by atoms with van der Waals surface area (Å²) in [5.74, 6) is -0.141. The summed E-state index contributed by atoms with van der Waals surface area (Å²) >= 11 is 0. The minimum atomic E-state index is -0.337. The first-order valence-corrected chi connectivity index (χ1v) is 10.5. The van der Waals surface area contributed by atoms with Gasteiger partial charge in [0.2, 0.25) is 0 Å². The molecule has 5 rings (SSSR count). The molecule has 0 unspecified atom stereocenters. The van der Waals surface area contributed by atoms with Gasteiger partial charge in [0.25, 0.3) is 11.5 Å². The van der Waals surface area contributed by atoms with Crippen LogP contribution >= 0.6 is 0 Å². The summed E-state index contributed by atoms with van der Waals surface area (Å²) in [6.45, 7) is 0.0499. The molecule has 0 saturated carbocycles. The molecule has 6 nitrogen and oxygen atoms in total. The van der Waals surface area contributed by atoms with Gasteiger partial charge in [0, 0.05) is 29.9 Å². The molecule has 0 spiro atoms. The monoisotopic (exact) mass is 403 g/mol. The van der Waals surface area contributed by atoms with Crippen molar-refractivity contribution in [3.63, 3.8) is 0 Å². The van der Waals surface area contributed by atoms with Gasteiger partial charge >= 0.3 is 0 Å². The first kappa shape index (κ1) is 19.0. The Kier molecular flexibility index (Phi) is 4.47. The number of aryl methyl sites for hydroxylation is 1. The number of aromatic nitrogens is 2. The zero-order valence-electron chi connectivity index (χ0n) is 17.0. The number of hydrogen-bond donors (Lipinski definition) is 1. The van der Waals surface area contributed by atoms with Gasteiger partial charge < -0.3 is 10.0 Å². The first-order valence-electron chi connectivity index (χ1n) is 10.5. The van der Waals surface area contributed by atoms with Crippen LogP contribution in [-0.4, -0.2) is 44.4 Å². The smallest absolute Gasteiger partial charge is 0.275 e. The van der Waals surface area contributed by atoms with Crippen molar-refractivity contribution >= 4 is 16.7 Å². The fourth-order valence-corrected chi connectivity index (χ4v) is 5.60. The standard InChI is InChI=1S/C24H25N3O3/c1-26-22(29)19-10-6-5-9-18(19)21(25-26)23(30)27-17-11-12-20(27)24(14-17,15-28)13-16-7-3-2-4-8-16/h2-10,17,20,28H,11-15H2,1H3/t17-,20+,24-/m0/s1. The van der Waals surface area contributed by atoms with E-state index in [0.29, 0.717) is 16.5 Å². The fourth-order valence-electron chi connectivity index (χ4n) is 5.60. The number of carbonyl (C=O) groups is 1.